The second-order valence-corrected chi connectivity index (χ2v) is 5.12. The first-order chi connectivity index (χ1) is 8.63. The topological polar surface area (TPSA) is 91.6 Å². The maximum atomic E-state index is 11.7. The van der Waals surface area contributed by atoms with Crippen LogP contribution in [0.4, 0.5) is 4.79 Å². The average Bonchev–Trinajstić information content (AvgIpc) is 2.56. The summed E-state index contributed by atoms with van der Waals surface area (Å²) < 4.78 is 5.39. The van der Waals surface area contributed by atoms with Crippen LogP contribution in [0.2, 0.25) is 0 Å². The zero-order valence-corrected chi connectivity index (χ0v) is 11.8. The summed E-state index contributed by atoms with van der Waals surface area (Å²) >= 11 is 0. The van der Waals surface area contributed by atoms with Crippen LogP contribution in [-0.2, 0) is 4.79 Å². The number of aliphatic carboxylic acids is 1. The van der Waals surface area contributed by atoms with Crippen molar-refractivity contribution in [2.45, 2.75) is 46.2 Å². The Balaban J connectivity index is 2.68. The van der Waals surface area contributed by atoms with Crippen LogP contribution in [0, 0.1) is 13.8 Å². The maximum Gasteiger partial charge on any atom is 0.328 e. The Morgan fingerprint density at radius 2 is 1.95 bits per heavy atom. The van der Waals surface area contributed by atoms with E-state index in [2.05, 4.69) is 10.6 Å². The van der Waals surface area contributed by atoms with E-state index in [1.54, 1.807) is 0 Å². The number of carboxylic acid groups (broad SMARTS) is 1. The van der Waals surface area contributed by atoms with Crippen molar-refractivity contribution >= 4 is 12.0 Å². The van der Waals surface area contributed by atoms with Crippen molar-refractivity contribution < 1.29 is 19.1 Å². The Hall–Kier alpha value is -1.98. The molecule has 1 atom stereocenters. The summed E-state index contributed by atoms with van der Waals surface area (Å²) in [5.74, 6) is 0.417. The zero-order chi connectivity index (χ0) is 14.8. The fraction of sp³-hybridized carbons (Fsp3) is 0.538. The molecule has 0 fully saturated rings. The molecule has 0 aliphatic rings. The van der Waals surface area contributed by atoms with Crippen molar-refractivity contribution in [2.24, 2.45) is 0 Å². The molecule has 19 heavy (non-hydrogen) atoms. The van der Waals surface area contributed by atoms with Gasteiger partial charge in [-0.15, -0.1) is 0 Å². The summed E-state index contributed by atoms with van der Waals surface area (Å²) in [4.78, 5) is 22.7. The number of hydrogen-bond donors (Lipinski definition) is 3. The highest BCUT2D eigenvalue weighted by atomic mass is 16.4. The number of hydrogen-bond acceptors (Lipinski definition) is 3. The molecule has 6 heteroatoms. The van der Waals surface area contributed by atoms with Crippen molar-refractivity contribution in [2.75, 3.05) is 0 Å². The molecule has 1 heterocycles. The number of furan rings is 1. The number of nitrogens with one attached hydrogen (secondary N) is 2. The van der Waals surface area contributed by atoms with Crippen LogP contribution < -0.4 is 10.6 Å². The van der Waals surface area contributed by atoms with Crippen LogP contribution in [0.1, 0.15) is 43.9 Å². The lowest BCUT2D eigenvalue weighted by Crippen LogP contribution is -2.53. The smallest absolute Gasteiger partial charge is 0.328 e. The van der Waals surface area contributed by atoms with Gasteiger partial charge in [-0.2, -0.15) is 0 Å². The predicted molar refractivity (Wildman–Crippen MR) is 70.0 cm³/mol. The number of carbonyl (C=O) groups is 2. The minimum absolute atomic E-state index is 0.262. The molecule has 2 amide bonds. The summed E-state index contributed by atoms with van der Waals surface area (Å²) in [6.07, 6.45) is 0. The van der Waals surface area contributed by atoms with Crippen LogP contribution in [0.15, 0.2) is 10.5 Å². The van der Waals surface area contributed by atoms with Gasteiger partial charge in [-0.1, -0.05) is 0 Å². The Labute approximate surface area is 112 Å². The highest BCUT2D eigenvalue weighted by molar-refractivity contribution is 5.85. The number of carboxylic acids is 1. The van der Waals surface area contributed by atoms with Gasteiger partial charge in [-0.3, -0.25) is 0 Å². The normalized spacial score (nSPS) is 12.9. The lowest BCUT2D eigenvalue weighted by Gasteiger charge is -2.23. The van der Waals surface area contributed by atoms with Crippen molar-refractivity contribution in [1.82, 2.24) is 10.6 Å². The maximum absolute atomic E-state index is 11.7. The van der Waals surface area contributed by atoms with Gasteiger partial charge in [-0.25, -0.2) is 9.59 Å². The predicted octanol–water partition coefficient (Wildman–Crippen LogP) is 2.12. The van der Waals surface area contributed by atoms with Crippen molar-refractivity contribution in [1.29, 1.82) is 0 Å². The van der Waals surface area contributed by atoms with Crippen LogP contribution >= 0.6 is 0 Å². The molecule has 0 saturated carbocycles. The molecule has 0 aliphatic carbocycles. The van der Waals surface area contributed by atoms with Crippen molar-refractivity contribution in [3.05, 3.63) is 23.2 Å². The van der Waals surface area contributed by atoms with Crippen LogP contribution in [0.3, 0.4) is 0 Å². The Bertz CT molecular complexity index is 491. The molecule has 6 nitrogen and oxygen atoms in total. The number of urea groups is 1. The molecule has 0 bridgehead atoms. The molecule has 1 unspecified atom stereocenters. The van der Waals surface area contributed by atoms with E-state index >= 15 is 0 Å². The number of aryl methyl sites for hydroxylation is 2. The Morgan fingerprint density at radius 3 is 2.37 bits per heavy atom. The van der Waals surface area contributed by atoms with Gasteiger partial charge in [0.1, 0.15) is 17.1 Å². The number of rotatable bonds is 4. The minimum Gasteiger partial charge on any atom is -0.480 e. The summed E-state index contributed by atoms with van der Waals surface area (Å²) in [6.45, 7) is 8.31. The molecular weight excluding hydrogens is 248 g/mol. The summed E-state index contributed by atoms with van der Waals surface area (Å²) in [5, 5.41) is 14.0. The summed E-state index contributed by atoms with van der Waals surface area (Å²) in [6, 6.07) is 1.06. The van der Waals surface area contributed by atoms with E-state index in [0.717, 1.165) is 17.1 Å². The van der Waals surface area contributed by atoms with Gasteiger partial charge in [0.25, 0.3) is 0 Å². The molecule has 1 aromatic rings. The number of carbonyl (C=O) groups excluding carboxylic acids is 1. The Kier molecular flexibility index (Phi) is 4.24. The second kappa shape index (κ2) is 5.34. The van der Waals surface area contributed by atoms with Gasteiger partial charge in [0.15, 0.2) is 0 Å². The third-order valence-electron chi connectivity index (χ3n) is 2.85. The van der Waals surface area contributed by atoms with Crippen LogP contribution in [-0.4, -0.2) is 22.6 Å². The monoisotopic (exact) mass is 268 g/mol. The third-order valence-corrected chi connectivity index (χ3v) is 2.85. The molecule has 3 N–H and O–H groups in total. The molecule has 106 valence electrons. The third kappa shape index (κ3) is 3.74. The van der Waals surface area contributed by atoms with E-state index in [4.69, 9.17) is 9.52 Å². The van der Waals surface area contributed by atoms with E-state index < -0.39 is 17.5 Å². The zero-order valence-electron chi connectivity index (χ0n) is 11.8. The molecule has 1 aromatic heterocycles. The first-order valence-electron chi connectivity index (χ1n) is 6.02. The van der Waals surface area contributed by atoms with E-state index in [9.17, 15) is 9.59 Å². The van der Waals surface area contributed by atoms with Gasteiger partial charge in [0, 0.05) is 5.56 Å². The van der Waals surface area contributed by atoms with E-state index in [-0.39, 0.29) is 6.04 Å². The van der Waals surface area contributed by atoms with E-state index in [1.807, 2.05) is 26.8 Å². The van der Waals surface area contributed by atoms with Crippen LogP contribution in [0.5, 0.6) is 0 Å². The quantitative estimate of drug-likeness (QED) is 0.780. The average molecular weight is 268 g/mol. The van der Waals surface area contributed by atoms with Gasteiger partial charge >= 0.3 is 12.0 Å². The largest absolute Gasteiger partial charge is 0.480 e. The highest BCUT2D eigenvalue weighted by Gasteiger charge is 2.29. The first kappa shape index (κ1) is 15.1. The Morgan fingerprint density at radius 1 is 1.37 bits per heavy atom. The summed E-state index contributed by atoms with van der Waals surface area (Å²) in [7, 11) is 0. The van der Waals surface area contributed by atoms with E-state index in [0.29, 0.717) is 0 Å². The highest BCUT2D eigenvalue weighted by Crippen LogP contribution is 2.21. The SMILES string of the molecule is Cc1cc(C(C)NC(=O)NC(C)(C)C(=O)O)c(C)o1. The fourth-order valence-corrected chi connectivity index (χ4v) is 1.73. The molecule has 1 rings (SSSR count). The standard InChI is InChI=1S/C13H20N2O4/c1-7-6-10(9(3)19-7)8(2)14-12(18)15-13(4,5)11(16)17/h6,8H,1-5H3,(H,16,17)(H2,14,15,18). The van der Waals surface area contributed by atoms with Crippen molar-refractivity contribution in [3.63, 3.8) is 0 Å². The van der Waals surface area contributed by atoms with Gasteiger partial charge in [0.05, 0.1) is 6.04 Å². The molecule has 0 radical (unpaired) electrons. The fourth-order valence-electron chi connectivity index (χ4n) is 1.73. The van der Waals surface area contributed by atoms with Gasteiger partial charge in [0.2, 0.25) is 0 Å². The second-order valence-electron chi connectivity index (χ2n) is 5.12. The summed E-state index contributed by atoms with van der Waals surface area (Å²) in [5.41, 5.74) is -0.439. The minimum atomic E-state index is -1.31. The molecule has 0 aromatic carbocycles. The lowest BCUT2D eigenvalue weighted by atomic mass is 10.1. The molecule has 0 spiro atoms. The van der Waals surface area contributed by atoms with Crippen LogP contribution in [0.25, 0.3) is 0 Å². The number of amides is 2. The van der Waals surface area contributed by atoms with E-state index in [1.165, 1.54) is 13.8 Å². The molecular formula is C13H20N2O4. The molecule has 0 aliphatic heterocycles. The lowest BCUT2D eigenvalue weighted by molar-refractivity contribution is -0.142. The van der Waals surface area contributed by atoms with Gasteiger partial charge < -0.3 is 20.2 Å². The van der Waals surface area contributed by atoms with Crippen molar-refractivity contribution in [3.8, 4) is 0 Å². The molecule has 0 saturated heterocycles. The van der Waals surface area contributed by atoms with Gasteiger partial charge in [-0.05, 0) is 40.7 Å². The first-order valence-corrected chi connectivity index (χ1v) is 6.02.